The Labute approximate surface area is 95.2 Å². The van der Waals surface area contributed by atoms with E-state index < -0.39 is 18.0 Å². The van der Waals surface area contributed by atoms with E-state index in [1.807, 2.05) is 6.92 Å². The van der Waals surface area contributed by atoms with Crippen molar-refractivity contribution in [2.24, 2.45) is 0 Å². The van der Waals surface area contributed by atoms with Gasteiger partial charge in [-0.15, -0.1) is 13.2 Å². The van der Waals surface area contributed by atoms with E-state index in [2.05, 4.69) is 23.8 Å². The molecule has 2 unspecified atom stereocenters. The van der Waals surface area contributed by atoms with Gasteiger partial charge in [0.1, 0.15) is 6.04 Å². The number of hydrogen-bond acceptors (Lipinski definition) is 2. The summed E-state index contributed by atoms with van der Waals surface area (Å²) >= 11 is 0. The molecule has 0 spiro atoms. The molecule has 0 heterocycles. The van der Waals surface area contributed by atoms with E-state index >= 15 is 0 Å². The number of rotatable bonds is 7. The Hall–Kier alpha value is -1.78. The highest BCUT2D eigenvalue weighted by atomic mass is 16.4. The smallest absolute Gasteiger partial charge is 0.326 e. The monoisotopic (exact) mass is 226 g/mol. The van der Waals surface area contributed by atoms with Gasteiger partial charge in [-0.1, -0.05) is 12.2 Å². The van der Waals surface area contributed by atoms with Crippen molar-refractivity contribution in [2.75, 3.05) is 0 Å². The molecule has 0 radical (unpaired) electrons. The number of carbonyl (C=O) groups excluding carboxylic acids is 1. The molecule has 0 aromatic carbocycles. The molecule has 0 bridgehead atoms. The van der Waals surface area contributed by atoms with Crippen LogP contribution in [0, 0.1) is 0 Å². The summed E-state index contributed by atoms with van der Waals surface area (Å²) in [5, 5.41) is 13.7. The molecule has 3 N–H and O–H groups in total. The maximum atomic E-state index is 11.4. The highest BCUT2D eigenvalue weighted by Gasteiger charge is 2.18. The van der Waals surface area contributed by atoms with Crippen LogP contribution in [0.1, 0.15) is 19.8 Å². The molecule has 5 nitrogen and oxygen atoms in total. The summed E-state index contributed by atoms with van der Waals surface area (Å²) in [7, 11) is 0. The van der Waals surface area contributed by atoms with Crippen molar-refractivity contribution >= 4 is 12.0 Å². The van der Waals surface area contributed by atoms with Crippen LogP contribution in [0.4, 0.5) is 4.79 Å². The summed E-state index contributed by atoms with van der Waals surface area (Å²) in [6.07, 6.45) is 3.96. The SMILES string of the molecule is C=CCC(C)NC(=O)NC(CC=C)C(=O)O. The molecular formula is C11H18N2O3. The van der Waals surface area contributed by atoms with Gasteiger partial charge in [0.15, 0.2) is 0 Å². The van der Waals surface area contributed by atoms with Crippen LogP contribution in [0.2, 0.25) is 0 Å². The summed E-state index contributed by atoms with van der Waals surface area (Å²) in [4.78, 5) is 22.1. The molecule has 2 amide bonds. The number of nitrogens with one attached hydrogen (secondary N) is 2. The summed E-state index contributed by atoms with van der Waals surface area (Å²) < 4.78 is 0. The van der Waals surface area contributed by atoms with Crippen LogP contribution < -0.4 is 10.6 Å². The normalized spacial score (nSPS) is 13.3. The van der Waals surface area contributed by atoms with Crippen LogP contribution in [0.5, 0.6) is 0 Å². The third kappa shape index (κ3) is 5.85. The fraction of sp³-hybridized carbons (Fsp3) is 0.455. The zero-order chi connectivity index (χ0) is 12.6. The maximum Gasteiger partial charge on any atom is 0.326 e. The lowest BCUT2D eigenvalue weighted by atomic mass is 10.2. The van der Waals surface area contributed by atoms with Crippen LogP contribution in [0.15, 0.2) is 25.3 Å². The standard InChI is InChI=1S/C11H18N2O3/c1-4-6-8(3)12-11(16)13-9(7-5-2)10(14)15/h4-5,8-9H,1-2,6-7H2,3H3,(H,14,15)(H2,12,13,16). The van der Waals surface area contributed by atoms with Crippen LogP contribution in [-0.4, -0.2) is 29.2 Å². The number of aliphatic carboxylic acids is 1. The molecule has 0 aliphatic carbocycles. The second-order valence-electron chi connectivity index (χ2n) is 3.46. The van der Waals surface area contributed by atoms with Crippen LogP contribution in [-0.2, 0) is 4.79 Å². The van der Waals surface area contributed by atoms with Crippen molar-refractivity contribution in [3.63, 3.8) is 0 Å². The quantitative estimate of drug-likeness (QED) is 0.572. The molecule has 5 heteroatoms. The van der Waals surface area contributed by atoms with E-state index in [4.69, 9.17) is 5.11 Å². The van der Waals surface area contributed by atoms with Gasteiger partial charge in [0.25, 0.3) is 0 Å². The predicted molar refractivity (Wildman–Crippen MR) is 62.2 cm³/mol. The largest absolute Gasteiger partial charge is 0.480 e. The molecule has 0 rings (SSSR count). The first kappa shape index (κ1) is 14.2. The molecule has 2 atom stereocenters. The lowest BCUT2D eigenvalue weighted by molar-refractivity contribution is -0.139. The van der Waals surface area contributed by atoms with E-state index in [-0.39, 0.29) is 12.5 Å². The van der Waals surface area contributed by atoms with Crippen molar-refractivity contribution in [3.8, 4) is 0 Å². The maximum absolute atomic E-state index is 11.4. The fourth-order valence-corrected chi connectivity index (χ4v) is 1.12. The minimum Gasteiger partial charge on any atom is -0.480 e. The summed E-state index contributed by atoms with van der Waals surface area (Å²) in [5.74, 6) is -1.08. The molecule has 16 heavy (non-hydrogen) atoms. The van der Waals surface area contributed by atoms with Crippen LogP contribution in [0.3, 0.4) is 0 Å². The fourth-order valence-electron chi connectivity index (χ4n) is 1.12. The highest BCUT2D eigenvalue weighted by molar-refractivity contribution is 5.82. The molecule has 0 saturated heterocycles. The molecular weight excluding hydrogens is 208 g/mol. The third-order valence-electron chi connectivity index (χ3n) is 1.90. The van der Waals surface area contributed by atoms with Crippen molar-refractivity contribution in [1.29, 1.82) is 0 Å². The summed E-state index contributed by atoms with van der Waals surface area (Å²) in [5.41, 5.74) is 0. The Bertz CT molecular complexity index is 276. The van der Waals surface area contributed by atoms with Crippen molar-refractivity contribution in [2.45, 2.75) is 31.8 Å². The van der Waals surface area contributed by atoms with Gasteiger partial charge in [0.2, 0.25) is 0 Å². The van der Waals surface area contributed by atoms with E-state index in [0.717, 1.165) is 0 Å². The Morgan fingerprint density at radius 2 is 1.81 bits per heavy atom. The predicted octanol–water partition coefficient (Wildman–Crippen LogP) is 1.28. The number of hydrogen-bond donors (Lipinski definition) is 3. The number of carbonyl (C=O) groups is 2. The van der Waals surface area contributed by atoms with Gasteiger partial charge in [-0.2, -0.15) is 0 Å². The van der Waals surface area contributed by atoms with Crippen molar-refractivity contribution < 1.29 is 14.7 Å². The molecule has 0 saturated carbocycles. The van der Waals surface area contributed by atoms with Crippen LogP contribution >= 0.6 is 0 Å². The Kier molecular flexibility index (Phi) is 6.67. The highest BCUT2D eigenvalue weighted by Crippen LogP contribution is 1.95. The molecule has 0 aliphatic heterocycles. The van der Waals surface area contributed by atoms with E-state index in [0.29, 0.717) is 6.42 Å². The second-order valence-corrected chi connectivity index (χ2v) is 3.46. The van der Waals surface area contributed by atoms with Gasteiger partial charge in [0.05, 0.1) is 0 Å². The van der Waals surface area contributed by atoms with Crippen LogP contribution in [0.25, 0.3) is 0 Å². The zero-order valence-corrected chi connectivity index (χ0v) is 9.40. The van der Waals surface area contributed by atoms with Crippen molar-refractivity contribution in [3.05, 3.63) is 25.3 Å². The van der Waals surface area contributed by atoms with Gasteiger partial charge >= 0.3 is 12.0 Å². The molecule has 0 aromatic rings. The minimum absolute atomic E-state index is 0.0734. The van der Waals surface area contributed by atoms with Gasteiger partial charge in [-0.05, 0) is 19.8 Å². The third-order valence-corrected chi connectivity index (χ3v) is 1.90. The average molecular weight is 226 g/mol. The summed E-state index contributed by atoms with van der Waals surface area (Å²) in [6, 6.07) is -1.51. The Balaban J connectivity index is 4.13. The minimum atomic E-state index is -1.08. The van der Waals surface area contributed by atoms with Gasteiger partial charge in [0, 0.05) is 6.04 Å². The first-order chi connectivity index (χ1) is 7.51. The van der Waals surface area contributed by atoms with Crippen molar-refractivity contribution in [1.82, 2.24) is 10.6 Å². The number of carboxylic acids is 1. The Morgan fingerprint density at radius 1 is 1.25 bits per heavy atom. The van der Waals surface area contributed by atoms with Gasteiger partial charge in [-0.25, -0.2) is 9.59 Å². The van der Waals surface area contributed by atoms with E-state index in [1.165, 1.54) is 6.08 Å². The number of amides is 2. The molecule has 0 aliphatic rings. The molecule has 0 aromatic heterocycles. The summed E-state index contributed by atoms with van der Waals surface area (Å²) in [6.45, 7) is 8.79. The van der Waals surface area contributed by atoms with Gasteiger partial charge in [-0.3, -0.25) is 0 Å². The number of urea groups is 1. The molecule has 90 valence electrons. The Morgan fingerprint density at radius 3 is 2.25 bits per heavy atom. The lowest BCUT2D eigenvalue weighted by Crippen LogP contribution is -2.48. The van der Waals surface area contributed by atoms with Gasteiger partial charge < -0.3 is 15.7 Å². The first-order valence-corrected chi connectivity index (χ1v) is 5.02. The average Bonchev–Trinajstić information content (AvgIpc) is 2.16. The lowest BCUT2D eigenvalue weighted by Gasteiger charge is -2.16. The van der Waals surface area contributed by atoms with E-state index in [9.17, 15) is 9.59 Å². The molecule has 0 fully saturated rings. The second kappa shape index (κ2) is 7.50. The topological polar surface area (TPSA) is 78.4 Å². The number of carboxylic acid groups (broad SMARTS) is 1. The van der Waals surface area contributed by atoms with E-state index in [1.54, 1.807) is 6.08 Å². The zero-order valence-electron chi connectivity index (χ0n) is 9.40. The first-order valence-electron chi connectivity index (χ1n) is 5.02.